The van der Waals surface area contributed by atoms with Gasteiger partial charge in [-0.3, -0.25) is 4.98 Å². The molecule has 0 aliphatic carbocycles. The zero-order valence-electron chi connectivity index (χ0n) is 9.45. The second-order valence-corrected chi connectivity index (χ2v) is 3.72. The summed E-state index contributed by atoms with van der Waals surface area (Å²) in [5.41, 5.74) is 6.34. The molecule has 2 N–H and O–H groups in total. The van der Waals surface area contributed by atoms with Crippen molar-refractivity contribution in [3.05, 3.63) is 48.7 Å². The summed E-state index contributed by atoms with van der Waals surface area (Å²) in [4.78, 5) is 4.26. The number of rotatable bonds is 2. The second-order valence-electron chi connectivity index (χ2n) is 3.72. The van der Waals surface area contributed by atoms with E-state index in [0.29, 0.717) is 17.4 Å². The highest BCUT2D eigenvalue weighted by Gasteiger charge is 2.04. The van der Waals surface area contributed by atoms with Crippen LogP contribution >= 0.6 is 0 Å². The van der Waals surface area contributed by atoms with Gasteiger partial charge in [-0.1, -0.05) is 6.07 Å². The Morgan fingerprint density at radius 3 is 2.72 bits per heavy atom. The summed E-state index contributed by atoms with van der Waals surface area (Å²) in [6, 6.07) is 12.8. The van der Waals surface area contributed by atoms with Gasteiger partial charge in [0.05, 0.1) is 5.52 Å². The summed E-state index contributed by atoms with van der Waals surface area (Å²) in [5.74, 6) is 1.46. The predicted molar refractivity (Wildman–Crippen MR) is 68.3 cm³/mol. The highest BCUT2D eigenvalue weighted by Crippen LogP contribution is 2.27. The third-order valence-corrected chi connectivity index (χ3v) is 2.48. The lowest BCUT2D eigenvalue weighted by molar-refractivity contribution is 0.460. The van der Waals surface area contributed by atoms with E-state index >= 15 is 0 Å². The van der Waals surface area contributed by atoms with Gasteiger partial charge in [0.2, 0.25) is 5.88 Å². The Labute approximate surface area is 103 Å². The van der Waals surface area contributed by atoms with Gasteiger partial charge in [-0.2, -0.15) is 0 Å². The molecule has 3 aromatic rings. The van der Waals surface area contributed by atoms with Crippen molar-refractivity contribution in [3.8, 4) is 11.6 Å². The molecule has 0 aliphatic rings. The lowest BCUT2D eigenvalue weighted by Gasteiger charge is -2.06. The number of benzene rings is 1. The average molecular weight is 238 g/mol. The average Bonchev–Trinajstić information content (AvgIpc) is 2.42. The van der Waals surface area contributed by atoms with E-state index in [1.807, 2.05) is 30.3 Å². The Bertz CT molecular complexity index is 677. The topological polar surface area (TPSA) is 73.9 Å². The van der Waals surface area contributed by atoms with Crippen molar-refractivity contribution < 1.29 is 4.74 Å². The van der Waals surface area contributed by atoms with Crippen molar-refractivity contribution >= 4 is 16.7 Å². The third-order valence-electron chi connectivity index (χ3n) is 2.48. The summed E-state index contributed by atoms with van der Waals surface area (Å²) in [7, 11) is 0. The molecule has 5 heteroatoms. The summed E-state index contributed by atoms with van der Waals surface area (Å²) in [6.45, 7) is 0. The van der Waals surface area contributed by atoms with Gasteiger partial charge in [-0.25, -0.2) is 0 Å². The van der Waals surface area contributed by atoms with Crippen molar-refractivity contribution in [2.75, 3.05) is 5.73 Å². The number of hydrogen-bond donors (Lipinski definition) is 1. The smallest absolute Gasteiger partial charge is 0.239 e. The molecule has 0 aliphatic heterocycles. The maximum Gasteiger partial charge on any atom is 0.239 e. The molecule has 1 aromatic carbocycles. The normalized spacial score (nSPS) is 10.4. The van der Waals surface area contributed by atoms with Crippen LogP contribution < -0.4 is 10.5 Å². The number of ether oxygens (including phenoxy) is 1. The first-order valence-corrected chi connectivity index (χ1v) is 5.44. The van der Waals surface area contributed by atoms with Crippen molar-refractivity contribution in [1.29, 1.82) is 0 Å². The molecular weight excluding hydrogens is 228 g/mol. The summed E-state index contributed by atoms with van der Waals surface area (Å²) < 4.78 is 5.68. The molecule has 18 heavy (non-hydrogen) atoms. The standard InChI is InChI=1S/C13H10N4O/c14-12-6-7-13(17-16-12)18-11-5-1-4-10-9(11)3-2-8-15-10/h1-8H,(H2,14,16). The Morgan fingerprint density at radius 1 is 0.944 bits per heavy atom. The van der Waals surface area contributed by atoms with E-state index in [0.717, 1.165) is 10.9 Å². The van der Waals surface area contributed by atoms with E-state index in [1.54, 1.807) is 18.3 Å². The molecule has 0 radical (unpaired) electrons. The SMILES string of the molecule is Nc1ccc(Oc2cccc3ncccc23)nn1. The Balaban J connectivity index is 2.02. The lowest BCUT2D eigenvalue weighted by Crippen LogP contribution is -1.95. The summed E-state index contributed by atoms with van der Waals surface area (Å²) in [6.07, 6.45) is 1.75. The fourth-order valence-corrected chi connectivity index (χ4v) is 1.66. The zero-order valence-corrected chi connectivity index (χ0v) is 9.45. The first-order chi connectivity index (χ1) is 8.83. The number of aromatic nitrogens is 3. The molecule has 0 saturated heterocycles. The van der Waals surface area contributed by atoms with Crippen molar-refractivity contribution in [3.63, 3.8) is 0 Å². The molecule has 3 rings (SSSR count). The van der Waals surface area contributed by atoms with Gasteiger partial charge in [0.15, 0.2) is 0 Å². The monoisotopic (exact) mass is 238 g/mol. The minimum Gasteiger partial charge on any atom is -0.437 e. The summed E-state index contributed by atoms with van der Waals surface area (Å²) in [5, 5.41) is 8.53. The van der Waals surface area contributed by atoms with E-state index in [9.17, 15) is 0 Å². The van der Waals surface area contributed by atoms with Crippen LogP contribution in [0.15, 0.2) is 48.7 Å². The highest BCUT2D eigenvalue weighted by molar-refractivity contribution is 5.85. The van der Waals surface area contributed by atoms with Gasteiger partial charge in [-0.05, 0) is 30.3 Å². The Kier molecular flexibility index (Phi) is 2.49. The van der Waals surface area contributed by atoms with Crippen LogP contribution in [0.4, 0.5) is 5.82 Å². The molecule has 0 saturated carbocycles. The third kappa shape index (κ3) is 1.93. The minimum atomic E-state index is 0.363. The van der Waals surface area contributed by atoms with Crippen molar-refractivity contribution in [2.45, 2.75) is 0 Å². The number of nitrogens with zero attached hydrogens (tertiary/aromatic N) is 3. The van der Waals surface area contributed by atoms with E-state index in [2.05, 4.69) is 15.2 Å². The first kappa shape index (κ1) is 10.5. The van der Waals surface area contributed by atoms with Crippen molar-refractivity contribution in [2.24, 2.45) is 0 Å². The molecule has 88 valence electrons. The molecule has 2 aromatic heterocycles. The van der Waals surface area contributed by atoms with E-state index in [4.69, 9.17) is 10.5 Å². The van der Waals surface area contributed by atoms with Gasteiger partial charge in [-0.15, -0.1) is 10.2 Å². The minimum absolute atomic E-state index is 0.363. The number of fused-ring (bicyclic) bond motifs is 1. The number of hydrogen-bond acceptors (Lipinski definition) is 5. The highest BCUT2D eigenvalue weighted by atomic mass is 16.5. The van der Waals surface area contributed by atoms with Gasteiger partial charge in [0.25, 0.3) is 0 Å². The molecule has 0 bridgehead atoms. The van der Waals surface area contributed by atoms with Gasteiger partial charge < -0.3 is 10.5 Å². The quantitative estimate of drug-likeness (QED) is 0.742. The van der Waals surface area contributed by atoms with E-state index in [-0.39, 0.29) is 0 Å². The lowest BCUT2D eigenvalue weighted by atomic mass is 10.2. The fourth-order valence-electron chi connectivity index (χ4n) is 1.66. The maximum atomic E-state index is 5.68. The molecule has 2 heterocycles. The second kappa shape index (κ2) is 4.29. The van der Waals surface area contributed by atoms with Crippen LogP contribution in [0, 0.1) is 0 Å². The van der Waals surface area contributed by atoms with E-state index < -0.39 is 0 Å². The van der Waals surface area contributed by atoms with E-state index in [1.165, 1.54) is 0 Å². The van der Waals surface area contributed by atoms with Crippen LogP contribution in [-0.2, 0) is 0 Å². The van der Waals surface area contributed by atoms with Crippen LogP contribution in [0.1, 0.15) is 0 Å². The van der Waals surface area contributed by atoms with Gasteiger partial charge in [0.1, 0.15) is 11.6 Å². The van der Waals surface area contributed by atoms with Crippen LogP contribution in [0.3, 0.4) is 0 Å². The predicted octanol–water partition coefficient (Wildman–Crippen LogP) is 2.40. The number of nitrogen functional groups attached to an aromatic ring is 1. The molecule has 0 amide bonds. The van der Waals surface area contributed by atoms with Crippen molar-refractivity contribution in [1.82, 2.24) is 15.2 Å². The molecular formula is C13H10N4O. The number of anilines is 1. The van der Waals surface area contributed by atoms with Crippen LogP contribution in [0.2, 0.25) is 0 Å². The molecule has 5 nitrogen and oxygen atoms in total. The first-order valence-electron chi connectivity index (χ1n) is 5.44. The van der Waals surface area contributed by atoms with Crippen LogP contribution in [0.25, 0.3) is 10.9 Å². The molecule has 0 atom stereocenters. The molecule has 0 spiro atoms. The van der Waals surface area contributed by atoms with Gasteiger partial charge in [0, 0.05) is 17.6 Å². The largest absolute Gasteiger partial charge is 0.437 e. The maximum absolute atomic E-state index is 5.68. The summed E-state index contributed by atoms with van der Waals surface area (Å²) >= 11 is 0. The Hall–Kier alpha value is -2.69. The zero-order chi connectivity index (χ0) is 12.4. The van der Waals surface area contributed by atoms with Crippen LogP contribution in [-0.4, -0.2) is 15.2 Å². The number of nitrogens with two attached hydrogens (primary N) is 1. The fraction of sp³-hybridized carbons (Fsp3) is 0. The molecule has 0 unspecified atom stereocenters. The Morgan fingerprint density at radius 2 is 1.89 bits per heavy atom. The van der Waals surface area contributed by atoms with Crippen LogP contribution in [0.5, 0.6) is 11.6 Å². The number of pyridine rings is 1. The molecule has 0 fully saturated rings. The van der Waals surface area contributed by atoms with Gasteiger partial charge >= 0.3 is 0 Å².